The van der Waals surface area contributed by atoms with Gasteiger partial charge in [0.2, 0.25) is 5.95 Å². The first-order valence-corrected chi connectivity index (χ1v) is 10.5. The van der Waals surface area contributed by atoms with Crippen molar-refractivity contribution in [2.75, 3.05) is 5.32 Å². The second kappa shape index (κ2) is 8.63. The summed E-state index contributed by atoms with van der Waals surface area (Å²) in [6.45, 7) is 1.79. The van der Waals surface area contributed by atoms with E-state index in [0.717, 1.165) is 27.0 Å². The zero-order chi connectivity index (χ0) is 22.8. The van der Waals surface area contributed by atoms with Crippen molar-refractivity contribution in [1.82, 2.24) is 19.1 Å². The lowest BCUT2D eigenvalue weighted by molar-refractivity contribution is -0.137. The van der Waals surface area contributed by atoms with Gasteiger partial charge in [-0.2, -0.15) is 4.98 Å². The van der Waals surface area contributed by atoms with Gasteiger partial charge < -0.3 is 15.4 Å². The Labute approximate surface area is 184 Å². The Bertz CT molecular complexity index is 1480. The molecule has 0 bridgehead atoms. The zero-order valence-electron chi connectivity index (χ0n) is 17.0. The highest BCUT2D eigenvalue weighted by Crippen LogP contribution is 2.21. The molecule has 0 radical (unpaired) electrons. The van der Waals surface area contributed by atoms with Crippen molar-refractivity contribution in [3.63, 3.8) is 0 Å². The summed E-state index contributed by atoms with van der Waals surface area (Å²) in [6, 6.07) is 12.7. The fourth-order valence-corrected chi connectivity index (χ4v) is 3.97. The van der Waals surface area contributed by atoms with Gasteiger partial charge in [0.05, 0.1) is 23.2 Å². The minimum Gasteiger partial charge on any atom is -0.481 e. The Morgan fingerprint density at radius 1 is 1.12 bits per heavy atom. The Kier molecular flexibility index (Phi) is 5.73. The molecule has 0 aliphatic rings. The third-order valence-electron chi connectivity index (χ3n) is 4.84. The number of carboxylic acid groups (broad SMARTS) is 1. The molecule has 0 unspecified atom stereocenters. The molecule has 10 nitrogen and oxygen atoms in total. The molecule has 2 heterocycles. The number of aliphatic carboxylic acids is 1. The van der Waals surface area contributed by atoms with E-state index in [1.807, 2.05) is 31.2 Å². The Balaban J connectivity index is 1.78. The smallest absolute Gasteiger partial charge is 0.354 e. The van der Waals surface area contributed by atoms with Crippen LogP contribution in [0.4, 0.5) is 11.6 Å². The molecule has 0 spiro atoms. The van der Waals surface area contributed by atoms with Gasteiger partial charge in [0.25, 0.3) is 0 Å². The first kappa shape index (κ1) is 21.2. The number of aromatic amines is 1. The molecule has 0 saturated heterocycles. The third kappa shape index (κ3) is 4.52. The molecule has 2 aromatic heterocycles. The topological polar surface area (TPSA) is 139 Å². The van der Waals surface area contributed by atoms with Crippen molar-refractivity contribution in [1.29, 1.82) is 0 Å². The number of hydrogen-bond acceptors (Lipinski definition) is 7. The third-order valence-corrected chi connectivity index (χ3v) is 5.68. The molecule has 0 atom stereocenters. The Hall–Kier alpha value is -3.99. The van der Waals surface area contributed by atoms with E-state index in [1.165, 1.54) is 4.57 Å². The molecule has 164 valence electrons. The van der Waals surface area contributed by atoms with E-state index >= 15 is 0 Å². The normalized spacial score (nSPS) is 11.0. The lowest BCUT2D eigenvalue weighted by Crippen LogP contribution is -2.43. The van der Waals surface area contributed by atoms with Gasteiger partial charge >= 0.3 is 22.2 Å². The van der Waals surface area contributed by atoms with Crippen LogP contribution < -0.4 is 21.6 Å². The van der Waals surface area contributed by atoms with Crippen molar-refractivity contribution >= 4 is 39.2 Å². The predicted octanol–water partition coefficient (Wildman–Crippen LogP) is 1.88. The van der Waals surface area contributed by atoms with Crippen LogP contribution in [0.3, 0.4) is 0 Å². The summed E-state index contributed by atoms with van der Waals surface area (Å²) in [4.78, 5) is 54.6. The fraction of sp³-hybridized carbons (Fsp3) is 0.190. The Morgan fingerprint density at radius 2 is 1.88 bits per heavy atom. The minimum absolute atomic E-state index is 0.0226. The van der Waals surface area contributed by atoms with Crippen LogP contribution in [-0.4, -0.2) is 30.2 Å². The maximum atomic E-state index is 13.1. The number of nitrogens with one attached hydrogen (secondary N) is 2. The number of carboxylic acids is 1. The van der Waals surface area contributed by atoms with Crippen molar-refractivity contribution in [2.45, 2.75) is 26.4 Å². The maximum Gasteiger partial charge on any atom is 0.354 e. The number of carbonyl (C=O) groups is 1. The standard InChI is InChI=1S/C21H19N5O5S/c1-12-2-4-13(5-3-12)11-26-18(24-19(29)25(21(26)31)9-8-17(27)28)22-14-6-7-15-16(10-14)32-20(30)23-15/h2-7,10H,8-9,11H2,1H3,(H,23,30)(H,27,28)(H,22,24,29). The van der Waals surface area contributed by atoms with Crippen LogP contribution in [0.5, 0.6) is 0 Å². The van der Waals surface area contributed by atoms with Gasteiger partial charge in [0, 0.05) is 12.2 Å². The molecule has 11 heteroatoms. The highest BCUT2D eigenvalue weighted by atomic mass is 32.1. The molecule has 0 aliphatic carbocycles. The summed E-state index contributed by atoms with van der Waals surface area (Å²) in [5.74, 6) is -1.10. The van der Waals surface area contributed by atoms with Gasteiger partial charge in [-0.15, -0.1) is 0 Å². The van der Waals surface area contributed by atoms with Crippen molar-refractivity contribution in [3.05, 3.63) is 84.2 Å². The minimum atomic E-state index is -1.12. The molecule has 4 rings (SSSR count). The number of aromatic nitrogens is 4. The van der Waals surface area contributed by atoms with Crippen molar-refractivity contribution < 1.29 is 9.90 Å². The molecular weight excluding hydrogens is 434 g/mol. The van der Waals surface area contributed by atoms with Crippen LogP contribution in [0, 0.1) is 6.92 Å². The van der Waals surface area contributed by atoms with E-state index in [1.54, 1.807) is 18.2 Å². The van der Waals surface area contributed by atoms with E-state index < -0.39 is 17.3 Å². The number of anilines is 2. The van der Waals surface area contributed by atoms with Crippen molar-refractivity contribution in [3.8, 4) is 0 Å². The first-order chi connectivity index (χ1) is 15.3. The molecular formula is C21H19N5O5S. The van der Waals surface area contributed by atoms with E-state index in [2.05, 4.69) is 15.3 Å². The number of aryl methyl sites for hydroxylation is 1. The monoisotopic (exact) mass is 453 g/mol. The zero-order valence-corrected chi connectivity index (χ0v) is 17.8. The van der Waals surface area contributed by atoms with Crippen molar-refractivity contribution in [2.24, 2.45) is 0 Å². The summed E-state index contributed by atoms with van der Waals surface area (Å²) < 4.78 is 2.81. The average molecular weight is 453 g/mol. The van der Waals surface area contributed by atoms with E-state index in [-0.39, 0.29) is 30.3 Å². The van der Waals surface area contributed by atoms with Gasteiger partial charge in [-0.05, 0) is 30.7 Å². The van der Waals surface area contributed by atoms with Gasteiger partial charge in [-0.25, -0.2) is 14.2 Å². The van der Waals surface area contributed by atoms with E-state index in [9.17, 15) is 19.2 Å². The summed E-state index contributed by atoms with van der Waals surface area (Å²) in [5.41, 5.74) is 1.58. The number of benzene rings is 2. The van der Waals surface area contributed by atoms with Gasteiger partial charge in [0.1, 0.15) is 0 Å². The second-order valence-electron chi connectivity index (χ2n) is 7.22. The molecule has 32 heavy (non-hydrogen) atoms. The lowest BCUT2D eigenvalue weighted by Gasteiger charge is -2.15. The van der Waals surface area contributed by atoms with E-state index in [0.29, 0.717) is 15.9 Å². The molecule has 0 amide bonds. The van der Waals surface area contributed by atoms with Crippen LogP contribution in [0.1, 0.15) is 17.5 Å². The summed E-state index contributed by atoms with van der Waals surface area (Å²) >= 11 is 1.04. The molecule has 4 aromatic rings. The number of H-pyrrole nitrogens is 1. The van der Waals surface area contributed by atoms with Crippen LogP contribution in [-0.2, 0) is 17.9 Å². The van der Waals surface area contributed by atoms with Gasteiger partial charge in [-0.1, -0.05) is 41.2 Å². The molecule has 0 aliphatic heterocycles. The number of rotatable bonds is 7. The summed E-state index contributed by atoms with van der Waals surface area (Å²) in [7, 11) is 0. The van der Waals surface area contributed by atoms with Gasteiger partial charge in [0.15, 0.2) is 0 Å². The highest BCUT2D eigenvalue weighted by molar-refractivity contribution is 7.16. The predicted molar refractivity (Wildman–Crippen MR) is 121 cm³/mol. The first-order valence-electron chi connectivity index (χ1n) is 9.69. The number of thiazole rings is 1. The Morgan fingerprint density at radius 3 is 2.59 bits per heavy atom. The summed E-state index contributed by atoms with van der Waals surface area (Å²) in [6.07, 6.45) is -0.378. The molecule has 2 aromatic carbocycles. The average Bonchev–Trinajstić information content (AvgIpc) is 3.11. The number of fused-ring (bicyclic) bond motifs is 1. The van der Waals surface area contributed by atoms with Crippen LogP contribution >= 0.6 is 11.3 Å². The van der Waals surface area contributed by atoms with Crippen LogP contribution in [0.15, 0.2) is 56.8 Å². The fourth-order valence-electron chi connectivity index (χ4n) is 3.19. The SMILES string of the molecule is Cc1ccc(Cn2c(Nc3ccc4[nH]c(=O)sc4c3)nc(=O)n(CCC(=O)O)c2=O)cc1. The quantitative estimate of drug-likeness (QED) is 0.388. The maximum absolute atomic E-state index is 13.1. The van der Waals surface area contributed by atoms with Crippen LogP contribution in [0.25, 0.3) is 10.2 Å². The molecule has 3 N–H and O–H groups in total. The van der Waals surface area contributed by atoms with Gasteiger partial charge in [-0.3, -0.25) is 14.2 Å². The number of hydrogen-bond donors (Lipinski definition) is 3. The lowest BCUT2D eigenvalue weighted by atomic mass is 10.1. The molecule has 0 saturated carbocycles. The largest absolute Gasteiger partial charge is 0.481 e. The summed E-state index contributed by atoms with van der Waals surface area (Å²) in [5, 5.41) is 11.9. The van der Waals surface area contributed by atoms with E-state index in [4.69, 9.17) is 5.11 Å². The second-order valence-corrected chi connectivity index (χ2v) is 8.23. The molecule has 0 fully saturated rings. The van der Waals surface area contributed by atoms with Crippen LogP contribution in [0.2, 0.25) is 0 Å². The number of nitrogens with zero attached hydrogens (tertiary/aromatic N) is 3. The highest BCUT2D eigenvalue weighted by Gasteiger charge is 2.15.